The zero-order chi connectivity index (χ0) is 14.1. The number of H-pyrrole nitrogens is 1. The first-order valence-electron chi connectivity index (χ1n) is 7.18. The molecule has 108 valence electrons. The quantitative estimate of drug-likeness (QED) is 0.906. The van der Waals surface area contributed by atoms with Crippen molar-refractivity contribution in [1.29, 1.82) is 0 Å². The number of imidazole rings is 1. The third-order valence-electron chi connectivity index (χ3n) is 4.23. The van der Waals surface area contributed by atoms with Crippen LogP contribution in [0, 0.1) is 23.5 Å². The van der Waals surface area contributed by atoms with Crippen LogP contribution >= 0.6 is 0 Å². The van der Waals surface area contributed by atoms with Gasteiger partial charge in [0.25, 0.3) is 0 Å². The number of hydrogen-bond donors (Lipinski definition) is 2. The zero-order valence-electron chi connectivity index (χ0n) is 11.5. The van der Waals surface area contributed by atoms with Gasteiger partial charge in [0, 0.05) is 18.6 Å². The lowest BCUT2D eigenvalue weighted by molar-refractivity contribution is 0.276. The van der Waals surface area contributed by atoms with Crippen molar-refractivity contribution in [3.8, 4) is 0 Å². The zero-order valence-corrected chi connectivity index (χ0v) is 11.5. The van der Waals surface area contributed by atoms with Crippen LogP contribution in [-0.2, 0) is 6.42 Å². The van der Waals surface area contributed by atoms with Gasteiger partial charge in [-0.15, -0.1) is 0 Å². The van der Waals surface area contributed by atoms with E-state index >= 15 is 0 Å². The molecule has 3 rings (SSSR count). The number of nitrogens with zero attached hydrogens (tertiary/aromatic N) is 1. The molecule has 0 amide bonds. The van der Waals surface area contributed by atoms with Crippen molar-refractivity contribution in [2.45, 2.75) is 26.2 Å². The minimum atomic E-state index is -0.847. The van der Waals surface area contributed by atoms with E-state index in [4.69, 9.17) is 0 Å². The summed E-state index contributed by atoms with van der Waals surface area (Å²) in [7, 11) is 0. The van der Waals surface area contributed by atoms with Gasteiger partial charge in [-0.25, -0.2) is 13.8 Å². The molecule has 0 bridgehead atoms. The normalized spacial score (nSPS) is 21.2. The molecule has 3 nitrogen and oxygen atoms in total. The molecule has 2 N–H and O–H groups in total. The maximum absolute atomic E-state index is 13.2. The highest BCUT2D eigenvalue weighted by Crippen LogP contribution is 2.24. The van der Waals surface area contributed by atoms with Crippen LogP contribution in [0.4, 0.5) is 8.78 Å². The Balaban J connectivity index is 1.76. The van der Waals surface area contributed by atoms with Crippen LogP contribution < -0.4 is 5.32 Å². The van der Waals surface area contributed by atoms with Crippen LogP contribution in [0.2, 0.25) is 0 Å². The van der Waals surface area contributed by atoms with Crippen molar-refractivity contribution in [3.05, 3.63) is 29.6 Å². The summed E-state index contributed by atoms with van der Waals surface area (Å²) in [4.78, 5) is 7.46. The number of rotatable bonds is 3. The van der Waals surface area contributed by atoms with E-state index in [1.807, 2.05) is 0 Å². The molecule has 2 heterocycles. The first kappa shape index (κ1) is 13.5. The number of fused-ring (bicyclic) bond motifs is 1. The molecule has 0 saturated carbocycles. The Bertz CT molecular complexity index is 563. The van der Waals surface area contributed by atoms with E-state index < -0.39 is 11.6 Å². The second kappa shape index (κ2) is 5.48. The summed E-state index contributed by atoms with van der Waals surface area (Å²) in [5.41, 5.74) is 1.06. The fraction of sp³-hybridized carbons (Fsp3) is 0.533. The summed E-state index contributed by atoms with van der Waals surface area (Å²) in [6.07, 6.45) is 3.26. The minimum absolute atomic E-state index is 0.493. The first-order chi connectivity index (χ1) is 9.63. The number of benzene rings is 1. The molecule has 2 unspecified atom stereocenters. The highest BCUT2D eigenvalue weighted by atomic mass is 19.2. The van der Waals surface area contributed by atoms with Crippen molar-refractivity contribution in [2.75, 3.05) is 13.1 Å². The summed E-state index contributed by atoms with van der Waals surface area (Å²) in [5.74, 6) is 0.267. The van der Waals surface area contributed by atoms with Crippen molar-refractivity contribution in [2.24, 2.45) is 11.8 Å². The number of aromatic amines is 1. The molecule has 1 aromatic heterocycles. The average Bonchev–Trinajstić information content (AvgIpc) is 2.81. The van der Waals surface area contributed by atoms with E-state index in [0.717, 1.165) is 31.4 Å². The molecule has 1 aliphatic rings. The molecule has 20 heavy (non-hydrogen) atoms. The van der Waals surface area contributed by atoms with Gasteiger partial charge in [-0.1, -0.05) is 6.92 Å². The summed E-state index contributed by atoms with van der Waals surface area (Å²) >= 11 is 0. The fourth-order valence-electron chi connectivity index (χ4n) is 2.99. The van der Waals surface area contributed by atoms with Gasteiger partial charge in [-0.2, -0.15) is 0 Å². The maximum atomic E-state index is 13.2. The number of piperidine rings is 1. The molecule has 0 spiro atoms. The molecule has 1 saturated heterocycles. The highest BCUT2D eigenvalue weighted by Gasteiger charge is 2.21. The maximum Gasteiger partial charge on any atom is 0.161 e. The Morgan fingerprint density at radius 3 is 2.90 bits per heavy atom. The fourth-order valence-corrected chi connectivity index (χ4v) is 2.99. The van der Waals surface area contributed by atoms with Crippen LogP contribution in [0.25, 0.3) is 11.0 Å². The van der Waals surface area contributed by atoms with Gasteiger partial charge in [0.2, 0.25) is 0 Å². The number of hydrogen-bond acceptors (Lipinski definition) is 2. The predicted octanol–water partition coefficient (Wildman–Crippen LogP) is 3.02. The van der Waals surface area contributed by atoms with Crippen molar-refractivity contribution >= 4 is 11.0 Å². The lowest BCUT2D eigenvalue weighted by Crippen LogP contribution is -2.34. The van der Waals surface area contributed by atoms with Crippen molar-refractivity contribution in [1.82, 2.24) is 15.3 Å². The topological polar surface area (TPSA) is 40.7 Å². The van der Waals surface area contributed by atoms with E-state index in [1.54, 1.807) is 0 Å². The lowest BCUT2D eigenvalue weighted by atomic mass is 9.85. The third-order valence-corrected chi connectivity index (χ3v) is 4.23. The van der Waals surface area contributed by atoms with Crippen molar-refractivity contribution < 1.29 is 8.78 Å². The summed E-state index contributed by atoms with van der Waals surface area (Å²) in [6.45, 7) is 4.36. The molecular formula is C15H19F2N3. The van der Waals surface area contributed by atoms with E-state index in [0.29, 0.717) is 22.9 Å². The molecule has 1 aliphatic heterocycles. The number of halogens is 2. The van der Waals surface area contributed by atoms with Crippen molar-refractivity contribution in [3.63, 3.8) is 0 Å². The van der Waals surface area contributed by atoms with Gasteiger partial charge in [0.15, 0.2) is 11.6 Å². The van der Waals surface area contributed by atoms with E-state index in [2.05, 4.69) is 22.2 Å². The van der Waals surface area contributed by atoms with Gasteiger partial charge in [-0.05, 0) is 37.8 Å². The Labute approximate surface area is 116 Å². The number of nitrogens with one attached hydrogen (secondary N) is 2. The Kier molecular flexibility index (Phi) is 3.70. The van der Waals surface area contributed by atoms with Crippen LogP contribution in [0.15, 0.2) is 12.1 Å². The molecule has 0 radical (unpaired) electrons. The second-order valence-electron chi connectivity index (χ2n) is 5.75. The second-order valence-corrected chi connectivity index (χ2v) is 5.75. The third kappa shape index (κ3) is 2.68. The molecule has 2 aromatic rings. The minimum Gasteiger partial charge on any atom is -0.342 e. The molecule has 0 aliphatic carbocycles. The Hall–Kier alpha value is -1.49. The van der Waals surface area contributed by atoms with Gasteiger partial charge in [0.05, 0.1) is 11.0 Å². The van der Waals surface area contributed by atoms with E-state index in [-0.39, 0.29) is 0 Å². The van der Waals surface area contributed by atoms with E-state index in [1.165, 1.54) is 18.9 Å². The largest absolute Gasteiger partial charge is 0.342 e. The molecule has 5 heteroatoms. The van der Waals surface area contributed by atoms with Crippen LogP contribution in [-0.4, -0.2) is 23.1 Å². The van der Waals surface area contributed by atoms with Gasteiger partial charge < -0.3 is 10.3 Å². The molecule has 1 aromatic carbocycles. The monoisotopic (exact) mass is 279 g/mol. The lowest BCUT2D eigenvalue weighted by Gasteiger charge is -2.27. The summed E-state index contributed by atoms with van der Waals surface area (Å²) in [5, 5.41) is 3.41. The molecule has 2 atom stereocenters. The Morgan fingerprint density at radius 1 is 1.35 bits per heavy atom. The summed E-state index contributed by atoms with van der Waals surface area (Å²) < 4.78 is 26.4. The van der Waals surface area contributed by atoms with Crippen LogP contribution in [0.3, 0.4) is 0 Å². The van der Waals surface area contributed by atoms with E-state index in [9.17, 15) is 8.78 Å². The summed E-state index contributed by atoms with van der Waals surface area (Å²) in [6, 6.07) is 2.32. The number of aromatic nitrogens is 2. The predicted molar refractivity (Wildman–Crippen MR) is 74.5 cm³/mol. The first-order valence-corrected chi connectivity index (χ1v) is 7.18. The molecule has 1 fully saturated rings. The average molecular weight is 279 g/mol. The smallest absolute Gasteiger partial charge is 0.161 e. The van der Waals surface area contributed by atoms with Crippen LogP contribution in [0.5, 0.6) is 0 Å². The molecular weight excluding hydrogens is 260 g/mol. The van der Waals surface area contributed by atoms with Gasteiger partial charge in [-0.3, -0.25) is 0 Å². The highest BCUT2D eigenvalue weighted by molar-refractivity contribution is 5.75. The Morgan fingerprint density at radius 2 is 2.15 bits per heavy atom. The standard InChI is InChI=1S/C15H19F2N3/c1-9(10-3-2-4-18-8-10)5-15-19-13-6-11(16)12(17)7-14(13)20-15/h6-7,9-10,18H,2-5,8H2,1H3,(H,19,20). The van der Waals surface area contributed by atoms with Gasteiger partial charge in [0.1, 0.15) is 5.82 Å². The van der Waals surface area contributed by atoms with Gasteiger partial charge >= 0.3 is 0 Å². The SMILES string of the molecule is CC(Cc1nc2cc(F)c(F)cc2[nH]1)C1CCCNC1. The van der Waals surface area contributed by atoms with Crippen LogP contribution in [0.1, 0.15) is 25.6 Å².